The molecule has 0 unspecified atom stereocenters. The van der Waals surface area contributed by atoms with Crippen LogP contribution in [0.3, 0.4) is 0 Å². The maximum Gasteiger partial charge on any atom is 0.164 e. The average molecular weight is 806 g/mol. The van der Waals surface area contributed by atoms with E-state index in [1.807, 2.05) is 42.5 Å². The van der Waals surface area contributed by atoms with Crippen LogP contribution in [0.15, 0.2) is 217 Å². The fourth-order valence-corrected chi connectivity index (χ4v) is 9.57. The molecule has 0 aliphatic carbocycles. The van der Waals surface area contributed by atoms with Crippen LogP contribution < -0.4 is 0 Å². The minimum absolute atomic E-state index is 0.592. The first kappa shape index (κ1) is 35.2. The summed E-state index contributed by atoms with van der Waals surface area (Å²) in [5, 5.41) is 6.76. The van der Waals surface area contributed by atoms with Gasteiger partial charge in [-0.2, -0.15) is 0 Å². The van der Waals surface area contributed by atoms with Crippen molar-refractivity contribution in [1.82, 2.24) is 24.1 Å². The molecule has 0 amide bonds. The van der Waals surface area contributed by atoms with E-state index >= 15 is 0 Å². The maximum atomic E-state index is 7.28. The Morgan fingerprint density at radius 1 is 0.302 bits per heavy atom. The summed E-state index contributed by atoms with van der Waals surface area (Å²) < 4.78 is 12.0. The van der Waals surface area contributed by atoms with E-state index in [9.17, 15) is 0 Å². The molecule has 0 N–H and O–H groups in total. The van der Waals surface area contributed by atoms with Gasteiger partial charge in [-0.1, -0.05) is 164 Å². The predicted octanol–water partition coefficient (Wildman–Crippen LogP) is 14.6. The van der Waals surface area contributed by atoms with Gasteiger partial charge in [0, 0.05) is 60.4 Å². The van der Waals surface area contributed by atoms with E-state index < -0.39 is 0 Å². The van der Waals surface area contributed by atoms with Crippen LogP contribution in [0.25, 0.3) is 122 Å². The highest BCUT2D eigenvalue weighted by atomic mass is 16.3. The Balaban J connectivity index is 1.06. The Morgan fingerprint density at radius 3 is 1.38 bits per heavy atom. The van der Waals surface area contributed by atoms with Crippen molar-refractivity contribution < 1.29 is 4.42 Å². The molecule has 13 aromatic rings. The fourth-order valence-electron chi connectivity index (χ4n) is 9.57. The molecule has 0 spiro atoms. The summed E-state index contributed by atoms with van der Waals surface area (Å²) in [6.07, 6.45) is 0. The van der Waals surface area contributed by atoms with Crippen molar-refractivity contribution in [1.29, 1.82) is 0 Å². The van der Waals surface area contributed by atoms with Crippen LogP contribution in [-0.4, -0.2) is 24.1 Å². The molecule has 4 aromatic heterocycles. The van der Waals surface area contributed by atoms with Gasteiger partial charge in [0.1, 0.15) is 0 Å². The first-order valence-electron chi connectivity index (χ1n) is 21.2. The first-order valence-corrected chi connectivity index (χ1v) is 21.2. The summed E-state index contributed by atoms with van der Waals surface area (Å²) >= 11 is 0. The number of hydrogen-bond donors (Lipinski definition) is 0. The highest BCUT2D eigenvalue weighted by Gasteiger charge is 2.23. The lowest BCUT2D eigenvalue weighted by molar-refractivity contribution is 0.673. The van der Waals surface area contributed by atoms with Crippen LogP contribution in [0, 0.1) is 0 Å². The fraction of sp³-hybridized carbons (Fsp3) is 0. The van der Waals surface area contributed by atoms with E-state index in [4.69, 9.17) is 19.4 Å². The minimum atomic E-state index is 0.592. The maximum absolute atomic E-state index is 7.28. The van der Waals surface area contributed by atoms with Crippen molar-refractivity contribution in [2.75, 3.05) is 0 Å². The molecule has 0 saturated heterocycles. The Morgan fingerprint density at radius 2 is 0.746 bits per heavy atom. The van der Waals surface area contributed by atoms with Crippen molar-refractivity contribution in [3.63, 3.8) is 0 Å². The molecule has 0 bridgehead atoms. The lowest BCUT2D eigenvalue weighted by Gasteiger charge is -2.13. The Labute approximate surface area is 361 Å². The van der Waals surface area contributed by atoms with Crippen molar-refractivity contribution in [3.8, 4) is 56.7 Å². The molecule has 0 saturated carbocycles. The van der Waals surface area contributed by atoms with Crippen LogP contribution in [0.1, 0.15) is 0 Å². The number of benzene rings is 9. The molecular formula is C57H35N5O. The minimum Gasteiger partial charge on any atom is -0.452 e. The summed E-state index contributed by atoms with van der Waals surface area (Å²) in [7, 11) is 0. The van der Waals surface area contributed by atoms with Gasteiger partial charge in [-0.15, -0.1) is 0 Å². The topological polar surface area (TPSA) is 61.7 Å². The van der Waals surface area contributed by atoms with Crippen molar-refractivity contribution >= 4 is 65.6 Å². The highest BCUT2D eigenvalue weighted by Crippen LogP contribution is 2.44. The van der Waals surface area contributed by atoms with E-state index in [-0.39, 0.29) is 0 Å². The zero-order valence-electron chi connectivity index (χ0n) is 33.9. The van der Waals surface area contributed by atoms with Gasteiger partial charge in [0.2, 0.25) is 0 Å². The molecule has 294 valence electrons. The number of hydrogen-bond acceptors (Lipinski definition) is 4. The SMILES string of the molecule is c1ccc(-c2nc(-c3cccc(-n4c5ccccc5c5ccc6c7ccc8c9ccccc9n(-c9ccccc9)c8c7oc6c54)c3)nc(-c3ccccc3-c3ccccc3)n2)cc1. The lowest BCUT2D eigenvalue weighted by atomic mass is 9.99. The predicted molar refractivity (Wildman–Crippen MR) is 258 cm³/mol. The molecule has 0 radical (unpaired) electrons. The van der Waals surface area contributed by atoms with E-state index in [0.717, 1.165) is 99.4 Å². The van der Waals surface area contributed by atoms with Gasteiger partial charge in [-0.05, 0) is 59.7 Å². The number of nitrogens with zero attached hydrogens (tertiary/aromatic N) is 5. The second kappa shape index (κ2) is 14.0. The van der Waals surface area contributed by atoms with E-state index in [1.165, 1.54) is 5.39 Å². The third kappa shape index (κ3) is 5.48. The van der Waals surface area contributed by atoms with Crippen molar-refractivity contribution in [2.24, 2.45) is 0 Å². The van der Waals surface area contributed by atoms with Gasteiger partial charge < -0.3 is 13.6 Å². The van der Waals surface area contributed by atoms with Gasteiger partial charge in [0.15, 0.2) is 28.6 Å². The summed E-state index contributed by atoms with van der Waals surface area (Å²) in [5.41, 5.74) is 13.0. The number of rotatable bonds is 6. The van der Waals surface area contributed by atoms with E-state index in [1.54, 1.807) is 0 Å². The zero-order valence-corrected chi connectivity index (χ0v) is 33.9. The highest BCUT2D eigenvalue weighted by molar-refractivity contribution is 6.26. The Kier molecular flexibility index (Phi) is 7.80. The van der Waals surface area contributed by atoms with Crippen molar-refractivity contribution in [2.45, 2.75) is 0 Å². The zero-order chi connectivity index (χ0) is 41.4. The van der Waals surface area contributed by atoms with Crippen LogP contribution >= 0.6 is 0 Å². The molecule has 13 rings (SSSR count). The lowest BCUT2D eigenvalue weighted by Crippen LogP contribution is -2.02. The average Bonchev–Trinajstić information content (AvgIpc) is 4.03. The molecule has 6 heteroatoms. The van der Waals surface area contributed by atoms with Crippen LogP contribution in [0.2, 0.25) is 0 Å². The van der Waals surface area contributed by atoms with Gasteiger partial charge >= 0.3 is 0 Å². The quantitative estimate of drug-likeness (QED) is 0.168. The first-order chi connectivity index (χ1) is 31.3. The van der Waals surface area contributed by atoms with Crippen LogP contribution in [0.5, 0.6) is 0 Å². The normalized spacial score (nSPS) is 11.8. The van der Waals surface area contributed by atoms with Gasteiger partial charge in [-0.25, -0.2) is 15.0 Å². The summed E-state index contributed by atoms with van der Waals surface area (Å²) in [4.78, 5) is 15.5. The summed E-state index contributed by atoms with van der Waals surface area (Å²) in [6, 6.07) is 74.2. The smallest absolute Gasteiger partial charge is 0.164 e. The third-order valence-corrected chi connectivity index (χ3v) is 12.4. The van der Waals surface area contributed by atoms with Crippen molar-refractivity contribution in [3.05, 3.63) is 212 Å². The van der Waals surface area contributed by atoms with Crippen LogP contribution in [-0.2, 0) is 0 Å². The van der Waals surface area contributed by atoms with Crippen LogP contribution in [0.4, 0.5) is 0 Å². The molecule has 0 aliphatic heterocycles. The second-order valence-electron chi connectivity index (χ2n) is 16.0. The molecule has 0 aliphatic rings. The molecule has 0 fully saturated rings. The molecule has 0 atom stereocenters. The number of aromatic nitrogens is 5. The number of furan rings is 1. The number of fused-ring (bicyclic) bond motifs is 11. The second-order valence-corrected chi connectivity index (χ2v) is 16.0. The standard InChI is InChI=1S/C57H35N5O/c1-4-17-36(18-5-1)41-25-10-11-28-48(41)57-59-55(37-19-6-2-7-20-37)58-56(60-57)38-21-16-24-40(35-38)62-50-30-15-13-27-43(50)45-32-34-47-46-33-31-44-42-26-12-14-29-49(42)61(39-22-8-3-9-23-39)51(44)53(46)63-54(47)52(45)62/h1-35H. The van der Waals surface area contributed by atoms with Gasteiger partial charge in [0.25, 0.3) is 0 Å². The number of para-hydroxylation sites is 3. The Hall–Kier alpha value is -8.61. The molecule has 9 aromatic carbocycles. The largest absolute Gasteiger partial charge is 0.452 e. The van der Waals surface area contributed by atoms with E-state index in [0.29, 0.717) is 17.5 Å². The van der Waals surface area contributed by atoms with E-state index in [2.05, 4.69) is 179 Å². The molecule has 63 heavy (non-hydrogen) atoms. The summed E-state index contributed by atoms with van der Waals surface area (Å²) in [5.74, 6) is 1.82. The van der Waals surface area contributed by atoms with Gasteiger partial charge in [0.05, 0.1) is 22.1 Å². The molecular weight excluding hydrogens is 771 g/mol. The monoisotopic (exact) mass is 805 g/mol. The molecule has 6 nitrogen and oxygen atoms in total. The third-order valence-electron chi connectivity index (χ3n) is 12.4. The Bertz CT molecular complexity index is 3900. The van der Waals surface area contributed by atoms with Gasteiger partial charge in [-0.3, -0.25) is 0 Å². The molecule has 4 heterocycles. The summed E-state index contributed by atoms with van der Waals surface area (Å²) in [6.45, 7) is 0.